The molecule has 6 aromatic carbocycles. The van der Waals surface area contributed by atoms with Crippen LogP contribution in [0.3, 0.4) is 0 Å². The second kappa shape index (κ2) is 21.1. The molecule has 4 aliphatic carbocycles. The Balaban J connectivity index is 0.000000144. The van der Waals surface area contributed by atoms with Gasteiger partial charge in [0.05, 0.1) is 21.9 Å². The molecule has 18 rings (SSSR count). The fourth-order valence-electron chi connectivity index (χ4n) is 15.2. The Morgan fingerprint density at radius 3 is 1.03 bits per heavy atom. The second-order valence-corrected chi connectivity index (χ2v) is 22.6. The molecule has 4 atom stereocenters. The van der Waals surface area contributed by atoms with Gasteiger partial charge in [-0.05, 0) is 141 Å². The van der Waals surface area contributed by atoms with Gasteiger partial charge in [-0.15, -0.1) is 22.3 Å². The third-order valence-corrected chi connectivity index (χ3v) is 18.5. The minimum atomic E-state index is -0.731. The SMILES string of the molecule is CN1C=CN(C2(c3[c-]c(C4(c5cc[n-]n5)c5ccccc5-c5ccncc54)ccc3)c3ccccc3-c3ccncc32)[CH-]1.CN1C=CN(C2(c3[c-]c(C4(c5cc[n-]n5)c5ccccc5-c5ccncc54)ccc3)c3ccccc3-c3ccncc32)[CH-]1.[Pt].[Pt]. The van der Waals surface area contributed by atoms with Gasteiger partial charge in [0.2, 0.25) is 0 Å². The first kappa shape index (κ1) is 55.0. The fourth-order valence-corrected chi connectivity index (χ4v) is 15.2. The first-order chi connectivity index (χ1) is 42.5. The van der Waals surface area contributed by atoms with Gasteiger partial charge >= 0.3 is 0 Å². The molecule has 2 aliphatic heterocycles. The van der Waals surface area contributed by atoms with Crippen molar-refractivity contribution in [3.8, 4) is 44.5 Å². The summed E-state index contributed by atoms with van der Waals surface area (Å²) in [6.07, 6.45) is 27.5. The summed E-state index contributed by atoms with van der Waals surface area (Å²) in [5.74, 6) is 0. The van der Waals surface area contributed by atoms with Gasteiger partial charge in [-0.25, -0.2) is 0 Å². The molecule has 0 radical (unpaired) electrons. The van der Waals surface area contributed by atoms with Crippen LogP contribution >= 0.6 is 0 Å². The zero-order chi connectivity index (χ0) is 57.2. The predicted octanol–water partition coefficient (Wildman–Crippen LogP) is 12.2. The van der Waals surface area contributed by atoms with Crippen LogP contribution in [-0.4, -0.2) is 63.8 Å². The Labute approximate surface area is 539 Å². The van der Waals surface area contributed by atoms with E-state index in [4.69, 9.17) is 10.2 Å². The van der Waals surface area contributed by atoms with E-state index in [2.05, 4.69) is 272 Å². The van der Waals surface area contributed by atoms with Crippen LogP contribution < -0.4 is 10.2 Å². The van der Waals surface area contributed by atoms with E-state index in [1.54, 1.807) is 12.4 Å². The maximum atomic E-state index is 4.71. The summed E-state index contributed by atoms with van der Waals surface area (Å²) < 4.78 is 0. The largest absolute Gasteiger partial charge is 0.581 e. The molecule has 14 heteroatoms. The summed E-state index contributed by atoms with van der Waals surface area (Å²) in [7, 11) is 4.11. The summed E-state index contributed by atoms with van der Waals surface area (Å²) in [6.45, 7) is 4.28. The van der Waals surface area contributed by atoms with E-state index in [1.165, 1.54) is 44.5 Å². The van der Waals surface area contributed by atoms with Gasteiger partial charge in [-0.1, -0.05) is 109 Å². The molecule has 0 spiro atoms. The number of rotatable bonds is 8. The Morgan fingerprint density at radius 2 is 0.670 bits per heavy atom. The monoisotopic (exact) mass is 1500 g/mol. The minimum absolute atomic E-state index is 0. The predicted molar refractivity (Wildman–Crippen MR) is 328 cm³/mol. The van der Waals surface area contributed by atoms with Crippen LogP contribution in [-0.2, 0) is 64.0 Å². The van der Waals surface area contributed by atoms with Gasteiger partial charge in [0.1, 0.15) is 0 Å². The summed E-state index contributed by atoms with van der Waals surface area (Å²) in [5, 5.41) is 18.0. The molecule has 12 aromatic rings. The summed E-state index contributed by atoms with van der Waals surface area (Å²) in [4.78, 5) is 27.3. The van der Waals surface area contributed by atoms with E-state index in [1.807, 2.05) is 61.7 Å². The first-order valence-corrected chi connectivity index (χ1v) is 28.7. The topological polar surface area (TPSA) is 119 Å². The molecule has 88 heavy (non-hydrogen) atoms. The second-order valence-electron chi connectivity index (χ2n) is 22.6. The Kier molecular flexibility index (Phi) is 13.2. The Hall–Kier alpha value is -9.60. The molecule has 8 heterocycles. The van der Waals surface area contributed by atoms with Crippen LogP contribution in [0.1, 0.15) is 78.1 Å². The molecule has 0 saturated carbocycles. The van der Waals surface area contributed by atoms with Crippen LogP contribution in [0.5, 0.6) is 0 Å². The molecule has 6 aliphatic rings. The van der Waals surface area contributed by atoms with Crippen molar-refractivity contribution in [2.75, 3.05) is 14.1 Å². The molecular weight excluding hydrogens is 1450 g/mol. The van der Waals surface area contributed by atoms with E-state index in [0.717, 1.165) is 78.1 Å². The quantitative estimate of drug-likeness (QED) is 0.135. The fraction of sp³-hybridized carbons (Fsp3) is 0.0811. The van der Waals surface area contributed by atoms with Gasteiger partial charge in [-0.3, -0.25) is 19.9 Å². The molecule has 432 valence electrons. The molecule has 6 aromatic heterocycles. The van der Waals surface area contributed by atoms with E-state index < -0.39 is 21.9 Å². The van der Waals surface area contributed by atoms with E-state index in [9.17, 15) is 0 Å². The maximum Gasteiger partial charge on any atom is 0.0701 e. The number of fused-ring (bicyclic) bond motifs is 12. The number of aromatic nitrogens is 8. The zero-order valence-corrected chi connectivity index (χ0v) is 51.9. The number of hydrogen-bond acceptors (Lipinski definition) is 10. The van der Waals surface area contributed by atoms with Gasteiger partial charge in [0, 0.05) is 114 Å². The van der Waals surface area contributed by atoms with Crippen molar-refractivity contribution in [2.45, 2.75) is 21.9 Å². The van der Waals surface area contributed by atoms with Crippen molar-refractivity contribution in [2.24, 2.45) is 0 Å². The van der Waals surface area contributed by atoms with Crippen molar-refractivity contribution in [3.63, 3.8) is 0 Å². The Morgan fingerprint density at radius 1 is 0.341 bits per heavy atom. The van der Waals surface area contributed by atoms with Gasteiger partial charge in [-0.2, -0.15) is 74.3 Å². The van der Waals surface area contributed by atoms with Gasteiger partial charge in [0.25, 0.3) is 0 Å². The zero-order valence-electron chi connectivity index (χ0n) is 47.4. The molecular formula is C74H50N12Pt2-6. The van der Waals surface area contributed by atoms with Crippen molar-refractivity contribution in [3.05, 3.63) is 360 Å². The molecule has 0 saturated heterocycles. The number of pyridine rings is 4. The maximum absolute atomic E-state index is 4.71. The van der Waals surface area contributed by atoms with E-state index >= 15 is 0 Å². The molecule has 0 N–H and O–H groups in total. The van der Waals surface area contributed by atoms with E-state index in [0.29, 0.717) is 0 Å². The minimum Gasteiger partial charge on any atom is -0.581 e. The van der Waals surface area contributed by atoms with Gasteiger partial charge < -0.3 is 40.0 Å². The number of nitrogens with zero attached hydrogens (tertiary/aromatic N) is 12. The third kappa shape index (κ3) is 7.39. The molecule has 4 unspecified atom stereocenters. The summed E-state index contributed by atoms with van der Waals surface area (Å²) in [6, 6.07) is 68.1. The third-order valence-electron chi connectivity index (χ3n) is 18.5. The standard InChI is InChI=1S/2C37H25N6.2Pt/c2*1-42-19-20-43(24-42)37(32-12-5-3-10-28(32)30-14-17-39-23-34(30)37)26-8-6-7-25(21-26)36(35-15-18-40-41-35)31-11-4-2-9-27(31)29-13-16-38-22-33(29)36;;/h2*2-20,22-24H,1H3;;/q2*-3;;. The van der Waals surface area contributed by atoms with Crippen LogP contribution in [0.2, 0.25) is 0 Å². The van der Waals surface area contributed by atoms with Crippen LogP contribution in [0.15, 0.2) is 257 Å². The van der Waals surface area contributed by atoms with Crippen molar-refractivity contribution < 1.29 is 42.1 Å². The average molecular weight is 1500 g/mol. The normalized spacial score (nSPS) is 20.6. The van der Waals surface area contributed by atoms with Crippen LogP contribution in [0.4, 0.5) is 0 Å². The summed E-state index contributed by atoms with van der Waals surface area (Å²) in [5.41, 5.74) is 21.4. The van der Waals surface area contributed by atoms with Crippen molar-refractivity contribution in [1.82, 2.24) is 59.9 Å². The number of benzene rings is 6. The molecule has 0 amide bonds. The first-order valence-electron chi connectivity index (χ1n) is 28.7. The van der Waals surface area contributed by atoms with Crippen molar-refractivity contribution >= 4 is 0 Å². The smallest absolute Gasteiger partial charge is 0.0701 e. The summed E-state index contributed by atoms with van der Waals surface area (Å²) >= 11 is 0. The molecule has 0 fully saturated rings. The molecule has 0 bridgehead atoms. The van der Waals surface area contributed by atoms with E-state index in [-0.39, 0.29) is 42.1 Å². The number of hydrogen-bond donors (Lipinski definition) is 0. The van der Waals surface area contributed by atoms with Crippen LogP contribution in [0, 0.1) is 25.5 Å². The van der Waals surface area contributed by atoms with Crippen molar-refractivity contribution in [1.29, 1.82) is 0 Å². The average Bonchev–Trinajstić information content (AvgIpc) is 1.54. The molecule has 12 nitrogen and oxygen atoms in total. The van der Waals surface area contributed by atoms with Gasteiger partial charge in [0.15, 0.2) is 0 Å². The van der Waals surface area contributed by atoms with Crippen LogP contribution in [0.25, 0.3) is 44.5 Å². The Bertz CT molecular complexity index is 4250.